The van der Waals surface area contributed by atoms with Crippen LogP contribution in [-0.2, 0) is 5.60 Å². The minimum atomic E-state index is -0.967. The maximum Gasteiger partial charge on any atom is -0.0395 e. The lowest BCUT2D eigenvalue weighted by Gasteiger charge is -2.33. The highest BCUT2D eigenvalue weighted by Crippen LogP contribution is 2.19. The van der Waals surface area contributed by atoms with E-state index >= 15 is 0 Å². The van der Waals surface area contributed by atoms with Crippen molar-refractivity contribution in [2.24, 2.45) is 0 Å². The summed E-state index contributed by atoms with van der Waals surface area (Å²) < 4.78 is 0. The molecular formula is C10H17NO. The standard InChI is InChI=1S/C10H13O.H3N/c1-8-6-4-5-7-9(8)10(2,3)11;/h4-7H,1-3H3;1H3/q-1;/p+1. The number of hydrogen-bond acceptors (Lipinski definition) is 1. The molecule has 2 heteroatoms. The van der Waals surface area contributed by atoms with Gasteiger partial charge in [0.05, 0.1) is 0 Å². The Labute approximate surface area is 73.8 Å². The zero-order chi connectivity index (χ0) is 8.48. The third-order valence-corrected chi connectivity index (χ3v) is 1.79. The Bertz CT molecular complexity index is 250. The maximum absolute atomic E-state index is 11.5. The Morgan fingerprint density at radius 2 is 1.67 bits per heavy atom. The predicted molar refractivity (Wildman–Crippen MR) is 50.2 cm³/mol. The fraction of sp³-hybridized carbons (Fsp3) is 0.400. The van der Waals surface area contributed by atoms with E-state index in [0.717, 1.165) is 11.1 Å². The fourth-order valence-corrected chi connectivity index (χ4v) is 1.25. The van der Waals surface area contributed by atoms with Crippen LogP contribution >= 0.6 is 0 Å². The van der Waals surface area contributed by atoms with Crippen molar-refractivity contribution in [1.82, 2.24) is 6.15 Å². The molecule has 0 heterocycles. The average molecular weight is 167 g/mol. The van der Waals surface area contributed by atoms with E-state index in [2.05, 4.69) is 0 Å². The van der Waals surface area contributed by atoms with Gasteiger partial charge >= 0.3 is 0 Å². The molecule has 12 heavy (non-hydrogen) atoms. The van der Waals surface area contributed by atoms with E-state index in [0.29, 0.717) is 0 Å². The summed E-state index contributed by atoms with van der Waals surface area (Å²) in [6.45, 7) is 5.35. The molecule has 0 amide bonds. The second-order valence-corrected chi connectivity index (χ2v) is 3.33. The van der Waals surface area contributed by atoms with Crippen molar-refractivity contribution in [3.8, 4) is 0 Å². The van der Waals surface area contributed by atoms with Crippen molar-refractivity contribution in [3.05, 3.63) is 35.4 Å². The van der Waals surface area contributed by atoms with Crippen molar-refractivity contribution < 1.29 is 5.11 Å². The van der Waals surface area contributed by atoms with Gasteiger partial charge < -0.3 is 11.3 Å². The largest absolute Gasteiger partial charge is 0.846 e. The summed E-state index contributed by atoms with van der Waals surface area (Å²) in [7, 11) is 0. The van der Waals surface area contributed by atoms with Gasteiger partial charge in [-0.1, -0.05) is 49.3 Å². The summed E-state index contributed by atoms with van der Waals surface area (Å²) in [5, 5.41) is 11.5. The molecule has 0 radical (unpaired) electrons. The van der Waals surface area contributed by atoms with Gasteiger partial charge in [-0.2, -0.15) is 0 Å². The van der Waals surface area contributed by atoms with Crippen molar-refractivity contribution >= 4 is 0 Å². The molecule has 1 aromatic rings. The van der Waals surface area contributed by atoms with Crippen molar-refractivity contribution in [3.63, 3.8) is 0 Å². The smallest absolute Gasteiger partial charge is 0.0395 e. The number of rotatable bonds is 1. The summed E-state index contributed by atoms with van der Waals surface area (Å²) in [6.07, 6.45) is 0. The van der Waals surface area contributed by atoms with Gasteiger partial charge in [0.25, 0.3) is 0 Å². The first-order valence-electron chi connectivity index (χ1n) is 3.78. The Balaban J connectivity index is 0.00000121. The zero-order valence-electron chi connectivity index (χ0n) is 8.22. The van der Waals surface area contributed by atoms with Gasteiger partial charge in [-0.05, 0) is 12.5 Å². The lowest BCUT2D eigenvalue weighted by atomic mass is 9.94. The lowest BCUT2D eigenvalue weighted by Crippen LogP contribution is -2.34. The molecule has 0 aliphatic heterocycles. The molecule has 0 fully saturated rings. The van der Waals surface area contributed by atoms with Gasteiger partial charge in [0.1, 0.15) is 0 Å². The molecule has 2 nitrogen and oxygen atoms in total. The van der Waals surface area contributed by atoms with Crippen molar-refractivity contribution in [2.45, 2.75) is 26.4 Å². The summed E-state index contributed by atoms with van der Waals surface area (Å²) in [5.74, 6) is 0. The Morgan fingerprint density at radius 3 is 2.00 bits per heavy atom. The minimum absolute atomic E-state index is 0. The van der Waals surface area contributed by atoms with E-state index in [1.807, 2.05) is 31.2 Å². The van der Waals surface area contributed by atoms with E-state index in [1.165, 1.54) is 0 Å². The Morgan fingerprint density at radius 1 is 1.17 bits per heavy atom. The zero-order valence-corrected chi connectivity index (χ0v) is 8.22. The molecule has 0 saturated carbocycles. The van der Waals surface area contributed by atoms with Crippen LogP contribution in [0.2, 0.25) is 0 Å². The van der Waals surface area contributed by atoms with Crippen LogP contribution in [0.4, 0.5) is 0 Å². The van der Waals surface area contributed by atoms with Crippen LogP contribution in [0.25, 0.3) is 0 Å². The quantitative estimate of drug-likeness (QED) is 0.683. The number of aryl methyl sites for hydroxylation is 1. The molecule has 1 aromatic carbocycles. The highest BCUT2D eigenvalue weighted by atomic mass is 16.3. The van der Waals surface area contributed by atoms with Gasteiger partial charge in [-0.25, -0.2) is 0 Å². The van der Waals surface area contributed by atoms with Crippen LogP contribution in [0.5, 0.6) is 0 Å². The summed E-state index contributed by atoms with van der Waals surface area (Å²) >= 11 is 0. The number of quaternary nitrogens is 1. The Kier molecular flexibility index (Phi) is 3.43. The van der Waals surface area contributed by atoms with Gasteiger partial charge in [0.2, 0.25) is 0 Å². The van der Waals surface area contributed by atoms with Gasteiger partial charge in [-0.3, -0.25) is 0 Å². The lowest BCUT2D eigenvalue weighted by molar-refractivity contribution is -0.475. The van der Waals surface area contributed by atoms with E-state index in [-0.39, 0.29) is 6.15 Å². The average Bonchev–Trinajstić information content (AvgIpc) is 1.86. The van der Waals surface area contributed by atoms with Gasteiger partial charge in [0.15, 0.2) is 0 Å². The fourth-order valence-electron chi connectivity index (χ4n) is 1.25. The Hall–Kier alpha value is -0.860. The van der Waals surface area contributed by atoms with Gasteiger partial charge in [0, 0.05) is 0 Å². The van der Waals surface area contributed by atoms with E-state index in [4.69, 9.17) is 0 Å². The predicted octanol–water partition coefficient (Wildman–Crippen LogP) is 1.97. The van der Waals surface area contributed by atoms with Crippen LogP contribution in [0, 0.1) is 6.92 Å². The SMILES string of the molecule is Cc1ccccc1C(C)(C)[O-].[NH4+]. The molecule has 0 atom stereocenters. The molecule has 0 aliphatic carbocycles. The molecular weight excluding hydrogens is 150 g/mol. The highest BCUT2D eigenvalue weighted by Gasteiger charge is 2.06. The van der Waals surface area contributed by atoms with E-state index < -0.39 is 5.60 Å². The molecule has 0 unspecified atom stereocenters. The van der Waals surface area contributed by atoms with Crippen LogP contribution in [-0.4, -0.2) is 0 Å². The van der Waals surface area contributed by atoms with Crippen LogP contribution in [0.3, 0.4) is 0 Å². The van der Waals surface area contributed by atoms with E-state index in [1.54, 1.807) is 13.8 Å². The molecule has 4 N–H and O–H groups in total. The molecule has 0 aliphatic rings. The molecule has 0 spiro atoms. The maximum atomic E-state index is 11.5. The molecule has 0 saturated heterocycles. The van der Waals surface area contributed by atoms with Crippen molar-refractivity contribution in [1.29, 1.82) is 0 Å². The second-order valence-electron chi connectivity index (χ2n) is 3.33. The molecule has 1 rings (SSSR count). The highest BCUT2D eigenvalue weighted by molar-refractivity contribution is 5.29. The first-order chi connectivity index (χ1) is 5.02. The number of benzene rings is 1. The molecule has 0 bridgehead atoms. The topological polar surface area (TPSA) is 59.6 Å². The molecule has 68 valence electrons. The summed E-state index contributed by atoms with van der Waals surface area (Å²) in [5.41, 5.74) is 0.998. The summed E-state index contributed by atoms with van der Waals surface area (Å²) in [6, 6.07) is 7.71. The second kappa shape index (κ2) is 3.70. The minimum Gasteiger partial charge on any atom is -0.846 e. The first kappa shape index (κ1) is 11.1. The van der Waals surface area contributed by atoms with Crippen LogP contribution in [0.1, 0.15) is 25.0 Å². The van der Waals surface area contributed by atoms with Crippen LogP contribution < -0.4 is 11.3 Å². The third kappa shape index (κ3) is 2.32. The normalized spacial score (nSPS) is 10.7. The third-order valence-electron chi connectivity index (χ3n) is 1.79. The number of hydrogen-bond donors (Lipinski definition) is 1. The van der Waals surface area contributed by atoms with Gasteiger partial charge in [-0.15, -0.1) is 0 Å². The van der Waals surface area contributed by atoms with Crippen LogP contribution in [0.15, 0.2) is 24.3 Å². The molecule has 0 aromatic heterocycles. The van der Waals surface area contributed by atoms with E-state index in [9.17, 15) is 5.11 Å². The first-order valence-corrected chi connectivity index (χ1v) is 3.78. The van der Waals surface area contributed by atoms with Crippen molar-refractivity contribution in [2.75, 3.05) is 0 Å². The monoisotopic (exact) mass is 167 g/mol. The summed E-state index contributed by atoms with van der Waals surface area (Å²) in [4.78, 5) is 0.